The summed E-state index contributed by atoms with van der Waals surface area (Å²) in [4.78, 5) is 2.33. The first-order chi connectivity index (χ1) is 8.16. The van der Waals surface area contributed by atoms with Crippen molar-refractivity contribution in [1.82, 2.24) is 9.47 Å². The molecule has 17 heavy (non-hydrogen) atoms. The van der Waals surface area contributed by atoms with Crippen molar-refractivity contribution in [1.29, 1.82) is 0 Å². The zero-order chi connectivity index (χ0) is 12.3. The Balaban J connectivity index is 1.84. The van der Waals surface area contributed by atoms with Crippen LogP contribution in [-0.4, -0.2) is 34.3 Å². The van der Waals surface area contributed by atoms with Crippen molar-refractivity contribution in [3.63, 3.8) is 0 Å². The van der Waals surface area contributed by atoms with Gasteiger partial charge >= 0.3 is 0 Å². The van der Waals surface area contributed by atoms with Gasteiger partial charge in [0.25, 0.3) is 0 Å². The maximum Gasteiger partial charge on any atom is 0.0580 e. The molecular weight excluding hydrogens is 212 g/mol. The fraction of sp³-hybridized carbons (Fsp3) is 0.714. The van der Waals surface area contributed by atoms with E-state index in [0.717, 1.165) is 19.5 Å². The van der Waals surface area contributed by atoms with Crippen molar-refractivity contribution in [2.75, 3.05) is 13.6 Å². The lowest BCUT2D eigenvalue weighted by Crippen LogP contribution is -2.35. The molecule has 1 heterocycles. The molecule has 1 saturated carbocycles. The minimum atomic E-state index is -0.0837. The van der Waals surface area contributed by atoms with Gasteiger partial charge in [-0.3, -0.25) is 0 Å². The van der Waals surface area contributed by atoms with E-state index >= 15 is 0 Å². The lowest BCUT2D eigenvalue weighted by molar-refractivity contribution is 0.0498. The predicted octanol–water partition coefficient (Wildman–Crippen LogP) is 2.01. The lowest BCUT2D eigenvalue weighted by Gasteiger charge is -2.31. The first-order valence-electron chi connectivity index (χ1n) is 6.63. The molecule has 3 heteroatoms. The Labute approximate surface area is 104 Å². The quantitative estimate of drug-likeness (QED) is 0.866. The van der Waals surface area contributed by atoms with Gasteiger partial charge in [0.15, 0.2) is 0 Å². The third-order valence-electron chi connectivity index (χ3n) is 3.90. The molecule has 0 saturated heterocycles. The molecular formula is C14H24N2O. The van der Waals surface area contributed by atoms with Crippen LogP contribution >= 0.6 is 0 Å². The summed E-state index contributed by atoms with van der Waals surface area (Å²) in [5.74, 6) is 0.467. The van der Waals surface area contributed by atoms with Crippen LogP contribution in [0.2, 0.25) is 0 Å². The lowest BCUT2D eigenvalue weighted by atomic mass is 9.86. The first-order valence-corrected chi connectivity index (χ1v) is 6.63. The highest BCUT2D eigenvalue weighted by molar-refractivity contribution is 5.06. The summed E-state index contributed by atoms with van der Waals surface area (Å²) in [7, 11) is 4.23. The molecule has 0 bridgehead atoms. The van der Waals surface area contributed by atoms with E-state index in [4.69, 9.17) is 0 Å². The Morgan fingerprint density at radius 2 is 2.18 bits per heavy atom. The largest absolute Gasteiger partial charge is 0.393 e. The number of hydrogen-bond acceptors (Lipinski definition) is 2. The van der Waals surface area contributed by atoms with E-state index < -0.39 is 0 Å². The van der Waals surface area contributed by atoms with Crippen molar-refractivity contribution >= 4 is 0 Å². The normalized spacial score (nSPS) is 25.4. The van der Waals surface area contributed by atoms with Crippen LogP contribution in [0.3, 0.4) is 0 Å². The van der Waals surface area contributed by atoms with Gasteiger partial charge < -0.3 is 14.6 Å². The SMILES string of the molecule is CN(Cc1cccn1C)CC1CCCCC1O. The molecule has 0 spiro atoms. The van der Waals surface area contributed by atoms with Crippen LogP contribution in [0, 0.1) is 5.92 Å². The molecule has 96 valence electrons. The summed E-state index contributed by atoms with van der Waals surface area (Å²) in [5.41, 5.74) is 1.33. The van der Waals surface area contributed by atoms with E-state index in [9.17, 15) is 5.11 Å². The average molecular weight is 236 g/mol. The van der Waals surface area contributed by atoms with Gasteiger partial charge in [0.2, 0.25) is 0 Å². The van der Waals surface area contributed by atoms with Gasteiger partial charge in [-0.1, -0.05) is 12.8 Å². The highest BCUT2D eigenvalue weighted by Gasteiger charge is 2.24. The van der Waals surface area contributed by atoms with Gasteiger partial charge in [-0.05, 0) is 37.9 Å². The summed E-state index contributed by atoms with van der Waals surface area (Å²) >= 11 is 0. The van der Waals surface area contributed by atoms with Crippen molar-refractivity contribution in [2.45, 2.75) is 38.3 Å². The predicted molar refractivity (Wildman–Crippen MR) is 69.7 cm³/mol. The Bertz CT molecular complexity index is 348. The molecule has 0 aliphatic heterocycles. The van der Waals surface area contributed by atoms with Crippen LogP contribution in [0.4, 0.5) is 0 Å². The van der Waals surface area contributed by atoms with Crippen molar-refractivity contribution < 1.29 is 5.11 Å². The maximum absolute atomic E-state index is 9.97. The van der Waals surface area contributed by atoms with Gasteiger partial charge in [-0.15, -0.1) is 0 Å². The van der Waals surface area contributed by atoms with Crippen LogP contribution in [-0.2, 0) is 13.6 Å². The van der Waals surface area contributed by atoms with E-state index in [2.05, 4.69) is 41.9 Å². The Morgan fingerprint density at radius 3 is 2.82 bits per heavy atom. The number of hydrogen-bond donors (Lipinski definition) is 1. The second kappa shape index (κ2) is 5.69. The summed E-state index contributed by atoms with van der Waals surface area (Å²) < 4.78 is 2.16. The molecule has 2 rings (SSSR count). The molecule has 1 aromatic rings. The van der Waals surface area contributed by atoms with Crippen LogP contribution in [0.15, 0.2) is 18.3 Å². The third-order valence-corrected chi connectivity index (χ3v) is 3.90. The third kappa shape index (κ3) is 3.33. The number of aliphatic hydroxyl groups is 1. The highest BCUT2D eigenvalue weighted by Crippen LogP contribution is 2.25. The summed E-state index contributed by atoms with van der Waals surface area (Å²) in [6, 6.07) is 4.24. The van der Waals surface area contributed by atoms with Crippen molar-refractivity contribution in [2.24, 2.45) is 13.0 Å². The van der Waals surface area contributed by atoms with Crippen molar-refractivity contribution in [3.05, 3.63) is 24.0 Å². The van der Waals surface area contributed by atoms with E-state index in [1.165, 1.54) is 25.0 Å². The topological polar surface area (TPSA) is 28.4 Å². The van der Waals surface area contributed by atoms with Crippen LogP contribution in [0.25, 0.3) is 0 Å². The number of aliphatic hydroxyl groups excluding tert-OH is 1. The Morgan fingerprint density at radius 1 is 1.41 bits per heavy atom. The van der Waals surface area contributed by atoms with Gasteiger partial charge in [-0.2, -0.15) is 0 Å². The fourth-order valence-electron chi connectivity index (χ4n) is 2.80. The molecule has 2 atom stereocenters. The first kappa shape index (κ1) is 12.7. The minimum absolute atomic E-state index is 0.0837. The van der Waals surface area contributed by atoms with Crippen LogP contribution in [0.1, 0.15) is 31.4 Å². The molecule has 0 aromatic carbocycles. The molecule has 2 unspecified atom stereocenters. The van der Waals surface area contributed by atoms with Gasteiger partial charge in [-0.25, -0.2) is 0 Å². The highest BCUT2D eigenvalue weighted by atomic mass is 16.3. The number of aryl methyl sites for hydroxylation is 1. The van der Waals surface area contributed by atoms with Crippen LogP contribution < -0.4 is 0 Å². The van der Waals surface area contributed by atoms with E-state index in [-0.39, 0.29) is 6.10 Å². The second-order valence-electron chi connectivity index (χ2n) is 5.42. The summed E-state index contributed by atoms with van der Waals surface area (Å²) in [6.07, 6.45) is 6.64. The average Bonchev–Trinajstić information content (AvgIpc) is 2.68. The number of nitrogens with zero attached hydrogens (tertiary/aromatic N) is 2. The summed E-state index contributed by atoms with van der Waals surface area (Å²) in [5, 5.41) is 9.97. The van der Waals surface area contributed by atoms with Gasteiger partial charge in [0.05, 0.1) is 6.10 Å². The molecule has 1 aromatic heterocycles. The standard InChI is InChI=1S/C14H24N2O/c1-15(11-13-7-5-9-16(13)2)10-12-6-3-4-8-14(12)17/h5,7,9,12,14,17H,3-4,6,8,10-11H2,1-2H3. The van der Waals surface area contributed by atoms with E-state index in [1.807, 2.05) is 0 Å². The fourth-order valence-corrected chi connectivity index (χ4v) is 2.80. The molecule has 1 aliphatic rings. The molecule has 1 N–H and O–H groups in total. The van der Waals surface area contributed by atoms with E-state index in [1.54, 1.807) is 0 Å². The smallest absolute Gasteiger partial charge is 0.0580 e. The van der Waals surface area contributed by atoms with Crippen molar-refractivity contribution in [3.8, 4) is 0 Å². The maximum atomic E-state index is 9.97. The Hall–Kier alpha value is -0.800. The second-order valence-corrected chi connectivity index (χ2v) is 5.42. The molecule has 0 radical (unpaired) electrons. The number of rotatable bonds is 4. The molecule has 1 fully saturated rings. The van der Waals surface area contributed by atoms with Gasteiger partial charge in [0, 0.05) is 32.0 Å². The number of aromatic nitrogens is 1. The van der Waals surface area contributed by atoms with Gasteiger partial charge in [0.1, 0.15) is 0 Å². The molecule has 1 aliphatic carbocycles. The molecule has 0 amide bonds. The minimum Gasteiger partial charge on any atom is -0.393 e. The molecule has 3 nitrogen and oxygen atoms in total. The van der Waals surface area contributed by atoms with Crippen LogP contribution in [0.5, 0.6) is 0 Å². The Kier molecular flexibility index (Phi) is 4.24. The monoisotopic (exact) mass is 236 g/mol. The zero-order valence-electron chi connectivity index (χ0n) is 11.0. The van der Waals surface area contributed by atoms with E-state index in [0.29, 0.717) is 5.92 Å². The zero-order valence-corrected chi connectivity index (χ0v) is 11.0. The summed E-state index contributed by atoms with van der Waals surface area (Å²) in [6.45, 7) is 1.97.